The first-order valence-electron chi connectivity index (χ1n) is 7.36. The van der Waals surface area contributed by atoms with Crippen LogP contribution in [0.2, 0.25) is 0 Å². The Labute approximate surface area is 151 Å². The molecule has 9 heteroatoms. The summed E-state index contributed by atoms with van der Waals surface area (Å²) in [5.41, 5.74) is 2.40. The van der Waals surface area contributed by atoms with Crippen LogP contribution in [0.15, 0.2) is 47.2 Å². The average Bonchev–Trinajstić information content (AvgIpc) is 3.11. The molecule has 0 aliphatic rings. The molecule has 0 atom stereocenters. The Balaban J connectivity index is 1.66. The van der Waals surface area contributed by atoms with Gasteiger partial charge < -0.3 is 10.6 Å². The van der Waals surface area contributed by atoms with Crippen molar-refractivity contribution in [2.45, 2.75) is 6.92 Å². The van der Waals surface area contributed by atoms with Crippen molar-refractivity contribution in [2.24, 2.45) is 0 Å². The molecule has 0 fully saturated rings. The molecule has 7 nitrogen and oxygen atoms in total. The molecule has 3 aromatic rings. The molecule has 2 N–H and O–H groups in total. The van der Waals surface area contributed by atoms with Gasteiger partial charge in [-0.1, -0.05) is 15.9 Å². The number of rotatable bonds is 5. The van der Waals surface area contributed by atoms with Crippen LogP contribution in [-0.4, -0.2) is 32.7 Å². The normalized spacial score (nSPS) is 10.5. The summed E-state index contributed by atoms with van der Waals surface area (Å²) >= 11 is 3.37. The Morgan fingerprint density at radius 3 is 2.80 bits per heavy atom. The summed E-state index contributed by atoms with van der Waals surface area (Å²) in [5, 5.41) is 16.4. The van der Waals surface area contributed by atoms with Gasteiger partial charge in [0.1, 0.15) is 12.1 Å². The van der Waals surface area contributed by atoms with Crippen LogP contribution in [0.3, 0.4) is 0 Å². The van der Waals surface area contributed by atoms with E-state index in [9.17, 15) is 9.18 Å². The first-order valence-corrected chi connectivity index (χ1v) is 8.15. The second-order valence-electron chi connectivity index (χ2n) is 5.28. The van der Waals surface area contributed by atoms with Gasteiger partial charge >= 0.3 is 0 Å². The van der Waals surface area contributed by atoms with Crippen LogP contribution in [-0.2, 0) is 4.79 Å². The lowest BCUT2D eigenvalue weighted by molar-refractivity contribution is -0.114. The minimum Gasteiger partial charge on any atom is -0.374 e. The highest BCUT2D eigenvalue weighted by molar-refractivity contribution is 9.10. The molecule has 0 saturated carbocycles. The number of aryl methyl sites for hydroxylation is 1. The van der Waals surface area contributed by atoms with Crippen LogP contribution in [0.1, 0.15) is 5.56 Å². The second kappa shape index (κ2) is 7.39. The SMILES string of the molecule is Cc1cc(Br)ccc1NC(=O)CNc1cc(-n2cnnn2)ccc1F. The predicted molar refractivity (Wildman–Crippen MR) is 95.1 cm³/mol. The number of halogens is 2. The zero-order valence-corrected chi connectivity index (χ0v) is 14.8. The van der Waals surface area contributed by atoms with E-state index < -0.39 is 5.82 Å². The highest BCUT2D eigenvalue weighted by Gasteiger charge is 2.09. The molecule has 0 bridgehead atoms. The van der Waals surface area contributed by atoms with Gasteiger partial charge in [0, 0.05) is 10.2 Å². The van der Waals surface area contributed by atoms with Crippen LogP contribution >= 0.6 is 15.9 Å². The fraction of sp³-hybridized carbons (Fsp3) is 0.125. The Kier molecular flexibility index (Phi) is 5.03. The number of tetrazole rings is 1. The quantitative estimate of drug-likeness (QED) is 0.682. The molecule has 0 radical (unpaired) electrons. The third kappa shape index (κ3) is 4.18. The number of carbonyl (C=O) groups excluding carboxylic acids is 1. The molecule has 1 aromatic heterocycles. The molecule has 3 rings (SSSR count). The van der Waals surface area contributed by atoms with Crippen LogP contribution in [0, 0.1) is 12.7 Å². The van der Waals surface area contributed by atoms with E-state index in [-0.39, 0.29) is 18.1 Å². The number of aromatic nitrogens is 4. The molecular weight excluding hydrogens is 391 g/mol. The maximum Gasteiger partial charge on any atom is 0.243 e. The van der Waals surface area contributed by atoms with Crippen LogP contribution in [0.25, 0.3) is 5.69 Å². The minimum absolute atomic E-state index is 0.0779. The van der Waals surface area contributed by atoms with Crippen LogP contribution < -0.4 is 10.6 Å². The highest BCUT2D eigenvalue weighted by atomic mass is 79.9. The van der Waals surface area contributed by atoms with E-state index in [1.807, 2.05) is 19.1 Å². The summed E-state index contributed by atoms with van der Waals surface area (Å²) in [7, 11) is 0. The highest BCUT2D eigenvalue weighted by Crippen LogP contribution is 2.20. The van der Waals surface area contributed by atoms with Gasteiger partial charge in [-0.25, -0.2) is 9.07 Å². The van der Waals surface area contributed by atoms with E-state index in [2.05, 4.69) is 42.1 Å². The van der Waals surface area contributed by atoms with Gasteiger partial charge in [0.15, 0.2) is 0 Å². The van der Waals surface area contributed by atoms with Gasteiger partial charge in [-0.05, 0) is 59.3 Å². The standard InChI is InChI=1S/C16H14BrFN6O/c1-10-6-11(17)2-5-14(10)21-16(25)8-19-15-7-12(3-4-13(15)18)24-9-20-22-23-24/h2-7,9,19H,8H2,1H3,(H,21,25). The summed E-state index contributed by atoms with van der Waals surface area (Å²) in [6.45, 7) is 1.81. The van der Waals surface area contributed by atoms with E-state index >= 15 is 0 Å². The number of amides is 1. The first kappa shape index (κ1) is 17.0. The van der Waals surface area contributed by atoms with E-state index in [0.717, 1.165) is 10.0 Å². The van der Waals surface area contributed by atoms with Crippen molar-refractivity contribution in [3.8, 4) is 5.69 Å². The Bertz CT molecular complexity index is 900. The molecule has 1 heterocycles. The summed E-state index contributed by atoms with van der Waals surface area (Å²) < 4.78 is 16.3. The van der Waals surface area contributed by atoms with Crippen molar-refractivity contribution in [3.63, 3.8) is 0 Å². The summed E-state index contributed by atoms with van der Waals surface area (Å²) in [4.78, 5) is 12.1. The molecule has 0 spiro atoms. The molecule has 0 saturated heterocycles. The Morgan fingerprint density at radius 1 is 1.24 bits per heavy atom. The number of benzene rings is 2. The van der Waals surface area contributed by atoms with Crippen molar-refractivity contribution in [1.82, 2.24) is 20.2 Å². The summed E-state index contributed by atoms with van der Waals surface area (Å²) in [6, 6.07) is 9.90. The first-order chi connectivity index (χ1) is 12.0. The largest absolute Gasteiger partial charge is 0.374 e. The van der Waals surface area contributed by atoms with E-state index in [1.54, 1.807) is 12.1 Å². The van der Waals surface area contributed by atoms with Crippen molar-refractivity contribution in [2.75, 3.05) is 17.2 Å². The van der Waals surface area contributed by atoms with Gasteiger partial charge in [0.25, 0.3) is 0 Å². The lowest BCUT2D eigenvalue weighted by atomic mass is 10.2. The smallest absolute Gasteiger partial charge is 0.243 e. The fourth-order valence-electron chi connectivity index (χ4n) is 2.21. The number of carbonyl (C=O) groups is 1. The molecule has 0 unspecified atom stereocenters. The van der Waals surface area contributed by atoms with E-state index in [1.165, 1.54) is 23.1 Å². The molecule has 2 aromatic carbocycles. The van der Waals surface area contributed by atoms with Crippen LogP contribution in [0.5, 0.6) is 0 Å². The molecule has 25 heavy (non-hydrogen) atoms. The second-order valence-corrected chi connectivity index (χ2v) is 6.20. The van der Waals surface area contributed by atoms with Gasteiger partial charge in [-0.2, -0.15) is 0 Å². The van der Waals surface area contributed by atoms with Crippen molar-refractivity contribution in [3.05, 3.63) is 58.6 Å². The number of nitrogens with one attached hydrogen (secondary N) is 2. The topological polar surface area (TPSA) is 84.7 Å². The Morgan fingerprint density at radius 2 is 2.08 bits per heavy atom. The van der Waals surface area contributed by atoms with Crippen LogP contribution in [0.4, 0.5) is 15.8 Å². The van der Waals surface area contributed by atoms with Crippen molar-refractivity contribution < 1.29 is 9.18 Å². The number of hydrogen-bond donors (Lipinski definition) is 2. The molecule has 128 valence electrons. The molecular formula is C16H14BrFN6O. The molecule has 0 aliphatic carbocycles. The fourth-order valence-corrected chi connectivity index (χ4v) is 2.68. The summed E-state index contributed by atoms with van der Waals surface area (Å²) in [6.07, 6.45) is 1.40. The third-order valence-corrected chi connectivity index (χ3v) is 3.96. The van der Waals surface area contributed by atoms with Crippen molar-refractivity contribution in [1.29, 1.82) is 0 Å². The van der Waals surface area contributed by atoms with Gasteiger partial charge in [-0.3, -0.25) is 4.79 Å². The lowest BCUT2D eigenvalue weighted by Gasteiger charge is -2.11. The lowest BCUT2D eigenvalue weighted by Crippen LogP contribution is -2.22. The van der Waals surface area contributed by atoms with E-state index in [4.69, 9.17) is 0 Å². The van der Waals surface area contributed by atoms with E-state index in [0.29, 0.717) is 11.4 Å². The number of hydrogen-bond acceptors (Lipinski definition) is 5. The monoisotopic (exact) mass is 404 g/mol. The average molecular weight is 405 g/mol. The zero-order valence-electron chi connectivity index (χ0n) is 13.2. The number of nitrogens with zero attached hydrogens (tertiary/aromatic N) is 4. The molecule has 1 amide bonds. The van der Waals surface area contributed by atoms with Crippen molar-refractivity contribution >= 4 is 33.2 Å². The predicted octanol–water partition coefficient (Wildman–Crippen LogP) is 2.92. The van der Waals surface area contributed by atoms with Gasteiger partial charge in [0.2, 0.25) is 5.91 Å². The minimum atomic E-state index is -0.468. The maximum absolute atomic E-state index is 13.9. The summed E-state index contributed by atoms with van der Waals surface area (Å²) in [5.74, 6) is -0.748. The Hall–Kier alpha value is -2.81. The molecule has 0 aliphatic heterocycles. The zero-order chi connectivity index (χ0) is 17.8. The third-order valence-electron chi connectivity index (χ3n) is 3.47. The van der Waals surface area contributed by atoms with Gasteiger partial charge in [0.05, 0.1) is 17.9 Å². The van der Waals surface area contributed by atoms with Gasteiger partial charge in [-0.15, -0.1) is 5.10 Å². The number of anilines is 2. The maximum atomic E-state index is 13.9.